The highest BCUT2D eigenvalue weighted by Crippen LogP contribution is 2.49. The molecule has 0 bridgehead atoms. The van der Waals surface area contributed by atoms with Crippen LogP contribution in [-0.2, 0) is 10.1 Å². The van der Waals surface area contributed by atoms with Crippen molar-refractivity contribution in [3.8, 4) is 0 Å². The van der Waals surface area contributed by atoms with E-state index in [4.69, 9.17) is 4.55 Å². The fourth-order valence-electron chi connectivity index (χ4n) is 0.971. The second-order valence-electron chi connectivity index (χ2n) is 2.21. The quantitative estimate of drug-likeness (QED) is 0.704. The Kier molecular flexibility index (Phi) is 2.79. The topological polar surface area (TPSA) is 54.4 Å². The van der Waals surface area contributed by atoms with E-state index in [1.807, 2.05) is 0 Å². The van der Waals surface area contributed by atoms with Crippen molar-refractivity contribution < 1.29 is 13.0 Å². The van der Waals surface area contributed by atoms with Crippen LogP contribution >= 0.6 is 23.5 Å². The van der Waals surface area contributed by atoms with Gasteiger partial charge in [-0.25, -0.2) is 0 Å². The van der Waals surface area contributed by atoms with Gasteiger partial charge in [0.1, 0.15) is 0 Å². The maximum atomic E-state index is 10.9. The van der Waals surface area contributed by atoms with Crippen LogP contribution in [0, 0.1) is 0 Å². The normalized spacial score (nSPS) is 23.8. The van der Waals surface area contributed by atoms with Crippen LogP contribution < -0.4 is 0 Å². The number of hydrogen-bond donors (Lipinski definition) is 1. The first-order valence-electron chi connectivity index (χ1n) is 3.27. The van der Waals surface area contributed by atoms with E-state index in [2.05, 4.69) is 0 Å². The van der Waals surface area contributed by atoms with E-state index >= 15 is 0 Å². The summed E-state index contributed by atoms with van der Waals surface area (Å²) >= 11 is 2.64. The molecule has 0 aromatic carbocycles. The Hall–Kier alpha value is 0.610. The molecule has 0 aromatic heterocycles. The molecule has 0 aromatic rings. The molecule has 0 aliphatic carbocycles. The van der Waals surface area contributed by atoms with Gasteiger partial charge in [-0.3, -0.25) is 4.55 Å². The molecule has 1 fully saturated rings. The van der Waals surface area contributed by atoms with Gasteiger partial charge in [-0.15, -0.1) is 23.5 Å². The predicted molar refractivity (Wildman–Crippen MR) is 49.5 cm³/mol. The zero-order valence-corrected chi connectivity index (χ0v) is 8.56. The number of hydrogen-bond acceptors (Lipinski definition) is 4. The summed E-state index contributed by atoms with van der Waals surface area (Å²) in [5.74, 6) is 1.61. The van der Waals surface area contributed by atoms with Gasteiger partial charge in [-0.2, -0.15) is 8.42 Å². The van der Waals surface area contributed by atoms with E-state index in [0.717, 1.165) is 11.5 Å². The predicted octanol–water partition coefficient (Wildman–Crippen LogP) is 1.42. The first-order valence-corrected chi connectivity index (χ1v) is 6.68. The van der Waals surface area contributed by atoms with Crippen molar-refractivity contribution in [2.24, 2.45) is 0 Å². The van der Waals surface area contributed by atoms with Crippen molar-refractivity contribution in [2.75, 3.05) is 11.5 Å². The molecule has 11 heavy (non-hydrogen) atoms. The largest absolute Gasteiger partial charge is 0.289 e. The fraction of sp³-hybridized carbons (Fsp3) is 1.00. The SMILES string of the molecule is CCC1(S(=O)(=O)O)SCCS1. The summed E-state index contributed by atoms with van der Waals surface area (Å²) in [5.41, 5.74) is 0. The Bertz CT molecular complexity index is 227. The molecule has 1 aliphatic heterocycles. The molecule has 0 spiro atoms. The highest BCUT2D eigenvalue weighted by molar-refractivity contribution is 8.32. The smallest absolute Gasteiger partial charge is 0.284 e. The van der Waals surface area contributed by atoms with Gasteiger partial charge in [0.25, 0.3) is 10.1 Å². The maximum Gasteiger partial charge on any atom is 0.289 e. The number of rotatable bonds is 2. The summed E-state index contributed by atoms with van der Waals surface area (Å²) in [6.45, 7) is 1.78. The first kappa shape index (κ1) is 9.70. The summed E-state index contributed by atoms with van der Waals surface area (Å²) in [6.07, 6.45) is 0.459. The third-order valence-corrected chi connectivity index (χ3v) is 7.84. The van der Waals surface area contributed by atoms with Crippen LogP contribution in [0.3, 0.4) is 0 Å². The minimum atomic E-state index is -3.89. The fourth-order valence-corrected chi connectivity index (χ4v) is 5.56. The van der Waals surface area contributed by atoms with Crippen LogP contribution in [0.1, 0.15) is 13.3 Å². The van der Waals surface area contributed by atoms with Gasteiger partial charge in [0.2, 0.25) is 0 Å². The van der Waals surface area contributed by atoms with E-state index in [1.165, 1.54) is 23.5 Å². The van der Waals surface area contributed by atoms with E-state index in [-0.39, 0.29) is 0 Å². The monoisotopic (exact) mass is 214 g/mol. The third-order valence-electron chi connectivity index (χ3n) is 1.55. The Morgan fingerprint density at radius 3 is 2.09 bits per heavy atom. The van der Waals surface area contributed by atoms with Crippen LogP contribution in [0.15, 0.2) is 0 Å². The average Bonchev–Trinajstić information content (AvgIpc) is 2.33. The van der Waals surface area contributed by atoms with Gasteiger partial charge in [0, 0.05) is 11.5 Å². The van der Waals surface area contributed by atoms with Crippen LogP contribution in [0.4, 0.5) is 0 Å². The number of thioether (sulfide) groups is 2. The zero-order valence-electron chi connectivity index (χ0n) is 6.11. The van der Waals surface area contributed by atoms with E-state index in [1.54, 1.807) is 6.92 Å². The molecule has 0 amide bonds. The average molecular weight is 214 g/mol. The van der Waals surface area contributed by atoms with Crippen LogP contribution in [0.5, 0.6) is 0 Å². The molecule has 1 heterocycles. The molecule has 1 rings (SSSR count). The highest BCUT2D eigenvalue weighted by atomic mass is 32.3. The van der Waals surface area contributed by atoms with Gasteiger partial charge in [0.15, 0.2) is 3.41 Å². The Labute approximate surface area is 75.1 Å². The summed E-state index contributed by atoms with van der Waals surface area (Å²) in [4.78, 5) is 0. The van der Waals surface area contributed by atoms with Crippen molar-refractivity contribution >= 4 is 33.6 Å². The first-order chi connectivity index (χ1) is 5.02. The second-order valence-corrected chi connectivity index (χ2v) is 7.42. The Morgan fingerprint density at radius 1 is 1.45 bits per heavy atom. The molecule has 0 atom stereocenters. The van der Waals surface area contributed by atoms with Crippen LogP contribution in [0.2, 0.25) is 0 Å². The van der Waals surface area contributed by atoms with Gasteiger partial charge >= 0.3 is 0 Å². The van der Waals surface area contributed by atoms with Crippen LogP contribution in [0.25, 0.3) is 0 Å². The molecule has 0 radical (unpaired) electrons. The molecule has 0 unspecified atom stereocenters. The van der Waals surface area contributed by atoms with Crippen molar-refractivity contribution in [1.29, 1.82) is 0 Å². The minimum Gasteiger partial charge on any atom is -0.284 e. The van der Waals surface area contributed by atoms with Crippen molar-refractivity contribution in [2.45, 2.75) is 16.8 Å². The van der Waals surface area contributed by atoms with Gasteiger partial charge in [0.05, 0.1) is 0 Å². The molecule has 3 nitrogen and oxygen atoms in total. The van der Waals surface area contributed by atoms with E-state index < -0.39 is 13.5 Å². The van der Waals surface area contributed by atoms with Crippen LogP contribution in [-0.4, -0.2) is 27.9 Å². The molecule has 66 valence electrons. The van der Waals surface area contributed by atoms with Crippen molar-refractivity contribution in [3.63, 3.8) is 0 Å². The third kappa shape index (κ3) is 1.68. The van der Waals surface area contributed by atoms with Gasteiger partial charge in [-0.05, 0) is 6.42 Å². The Morgan fingerprint density at radius 2 is 1.91 bits per heavy atom. The lowest BCUT2D eigenvalue weighted by Gasteiger charge is -2.20. The van der Waals surface area contributed by atoms with E-state index in [9.17, 15) is 8.42 Å². The standard InChI is InChI=1S/C5H10O3S3/c1-2-5(11(6,7)8)9-3-4-10-5/h2-4H2,1H3,(H,6,7,8). The van der Waals surface area contributed by atoms with Gasteiger partial charge < -0.3 is 0 Å². The molecule has 1 aliphatic rings. The highest BCUT2D eigenvalue weighted by Gasteiger charge is 2.45. The van der Waals surface area contributed by atoms with E-state index in [0.29, 0.717) is 6.42 Å². The second kappa shape index (κ2) is 3.16. The summed E-state index contributed by atoms with van der Waals surface area (Å²) in [6, 6.07) is 0. The summed E-state index contributed by atoms with van der Waals surface area (Å²) < 4.78 is 29.7. The molecular formula is C5H10O3S3. The minimum absolute atomic E-state index is 0.459. The molecular weight excluding hydrogens is 204 g/mol. The molecule has 6 heteroatoms. The molecule has 1 saturated heterocycles. The molecule has 1 N–H and O–H groups in total. The maximum absolute atomic E-state index is 10.9. The van der Waals surface area contributed by atoms with Crippen molar-refractivity contribution in [1.82, 2.24) is 0 Å². The van der Waals surface area contributed by atoms with Crippen molar-refractivity contribution in [3.05, 3.63) is 0 Å². The van der Waals surface area contributed by atoms with Gasteiger partial charge in [-0.1, -0.05) is 6.92 Å². The lowest BCUT2D eigenvalue weighted by molar-refractivity contribution is 0.475. The molecule has 0 saturated carbocycles. The lowest BCUT2D eigenvalue weighted by atomic mass is 10.6. The zero-order chi connectivity index (χ0) is 8.54. The lowest BCUT2D eigenvalue weighted by Crippen LogP contribution is -2.27. The summed E-state index contributed by atoms with van der Waals surface area (Å²) in [7, 11) is -3.89. The Balaban J connectivity index is 2.93. The summed E-state index contributed by atoms with van der Waals surface area (Å²) in [5, 5.41) is 0.